The number of fused-ring (bicyclic) bond motifs is 1. The van der Waals surface area contributed by atoms with Gasteiger partial charge < -0.3 is 36.4 Å². The molecule has 51 heavy (non-hydrogen) atoms. The molecule has 3 heterocycles. The number of benzene rings is 2. The largest absolute Gasteiger partial charge is 0.368 e. The number of imide groups is 1. The lowest BCUT2D eigenvalue weighted by Gasteiger charge is -2.37. The van der Waals surface area contributed by atoms with Crippen LogP contribution in [0.1, 0.15) is 24.8 Å². The van der Waals surface area contributed by atoms with Crippen molar-refractivity contribution in [3.63, 3.8) is 0 Å². The topological polar surface area (TPSA) is 246 Å². The lowest BCUT2D eigenvalue weighted by atomic mass is 9.98. The summed E-state index contributed by atoms with van der Waals surface area (Å²) in [6.45, 7) is 0.111. The quantitative estimate of drug-likeness (QED) is 0.156. The average molecular weight is 781 g/mol. The molecule has 7 N–H and O–H groups in total. The standard InChI is InChI=1S/C31H37N6O10PS3/c32-25(38)20(12-17-8-9-18-5-1-2-6-19(18)11-17)33-26(39)23-7-3-4-10-36(23)28(41)21(13-49-16-48(45,46)47)34-27(40)24-15-51-31(44)37(24)29(42)22-14-50-30(43)35-22/h1-2,5-6,8-9,11,20-24H,3-4,7,10,12-16H2,(H2,32,38)(H,33,39)(H,34,40)(H,35,43)(H2,45,46,47). The number of amides is 7. The molecule has 0 saturated carbocycles. The monoisotopic (exact) mass is 780 g/mol. The third kappa shape index (κ3) is 9.84. The molecule has 0 aliphatic carbocycles. The molecule has 0 spiro atoms. The van der Waals surface area contributed by atoms with E-state index in [1.165, 1.54) is 4.90 Å². The number of carbonyl (C=O) groups excluding carboxylic acids is 7. The van der Waals surface area contributed by atoms with E-state index in [0.29, 0.717) is 24.6 Å². The Balaban J connectivity index is 1.31. The van der Waals surface area contributed by atoms with Crippen LogP contribution in [0, 0.1) is 0 Å². The van der Waals surface area contributed by atoms with E-state index in [-0.39, 0.29) is 36.6 Å². The van der Waals surface area contributed by atoms with E-state index in [9.17, 15) is 47.9 Å². The molecule has 16 nitrogen and oxygen atoms in total. The van der Waals surface area contributed by atoms with Gasteiger partial charge in [-0.3, -0.25) is 43.0 Å². The molecule has 274 valence electrons. The van der Waals surface area contributed by atoms with E-state index >= 15 is 0 Å². The molecular formula is C31H37N6O10PS3. The van der Waals surface area contributed by atoms with Crippen molar-refractivity contribution in [2.24, 2.45) is 5.73 Å². The van der Waals surface area contributed by atoms with Gasteiger partial charge in [-0.2, -0.15) is 0 Å². The molecule has 3 fully saturated rings. The Hall–Kier alpha value is -3.61. The highest BCUT2D eigenvalue weighted by atomic mass is 32.2. The molecule has 5 unspecified atom stereocenters. The van der Waals surface area contributed by atoms with Crippen molar-refractivity contribution in [3.8, 4) is 0 Å². The molecule has 0 bridgehead atoms. The number of hydrogen-bond acceptors (Lipinski definition) is 11. The zero-order valence-corrected chi connectivity index (χ0v) is 30.4. The number of nitrogens with one attached hydrogen (secondary N) is 3. The van der Waals surface area contributed by atoms with E-state index in [4.69, 9.17) is 5.73 Å². The molecule has 2 aromatic rings. The average Bonchev–Trinajstić information content (AvgIpc) is 3.71. The summed E-state index contributed by atoms with van der Waals surface area (Å²) in [6.07, 6.45) is 1.42. The number of carbonyl (C=O) groups is 7. The van der Waals surface area contributed by atoms with Gasteiger partial charge >= 0.3 is 7.60 Å². The highest BCUT2D eigenvalue weighted by Gasteiger charge is 2.46. The van der Waals surface area contributed by atoms with E-state index < -0.39 is 83.3 Å². The first-order chi connectivity index (χ1) is 24.2. The summed E-state index contributed by atoms with van der Waals surface area (Å²) in [5, 5.41) is 8.47. The van der Waals surface area contributed by atoms with Crippen molar-refractivity contribution in [1.82, 2.24) is 25.8 Å². The van der Waals surface area contributed by atoms with Crippen LogP contribution in [0.5, 0.6) is 0 Å². The van der Waals surface area contributed by atoms with Gasteiger partial charge in [0.1, 0.15) is 30.2 Å². The summed E-state index contributed by atoms with van der Waals surface area (Å²) < 4.78 is 11.6. The van der Waals surface area contributed by atoms with Crippen molar-refractivity contribution in [2.75, 3.05) is 29.3 Å². The first-order valence-electron chi connectivity index (χ1n) is 16.0. The molecule has 2 aromatic carbocycles. The third-order valence-electron chi connectivity index (χ3n) is 8.55. The minimum absolute atomic E-state index is 0.0673. The molecule has 0 aromatic heterocycles. The minimum Gasteiger partial charge on any atom is -0.368 e. The fourth-order valence-corrected chi connectivity index (χ4v) is 9.60. The van der Waals surface area contributed by atoms with Gasteiger partial charge in [0.25, 0.3) is 16.4 Å². The fraction of sp³-hybridized carbons (Fsp3) is 0.452. The number of primary amides is 1. The molecule has 20 heteroatoms. The lowest BCUT2D eigenvalue weighted by Crippen LogP contribution is -2.61. The zero-order chi connectivity index (χ0) is 36.9. The Kier molecular flexibility index (Phi) is 12.7. The highest BCUT2D eigenvalue weighted by Crippen LogP contribution is 2.39. The van der Waals surface area contributed by atoms with Gasteiger partial charge in [-0.15, -0.1) is 11.8 Å². The lowest BCUT2D eigenvalue weighted by molar-refractivity contribution is -0.145. The van der Waals surface area contributed by atoms with Crippen molar-refractivity contribution in [3.05, 3.63) is 48.0 Å². The summed E-state index contributed by atoms with van der Waals surface area (Å²) in [5.41, 5.74) is 5.78. The minimum atomic E-state index is -4.50. The maximum Gasteiger partial charge on any atom is 0.335 e. The second kappa shape index (κ2) is 16.8. The summed E-state index contributed by atoms with van der Waals surface area (Å²) in [5.74, 6) is -4.13. The van der Waals surface area contributed by atoms with Crippen LogP contribution in [0.25, 0.3) is 10.8 Å². The molecule has 0 radical (unpaired) electrons. The Morgan fingerprint density at radius 2 is 1.67 bits per heavy atom. The first kappa shape index (κ1) is 38.6. The smallest absolute Gasteiger partial charge is 0.335 e. The molecule has 3 aliphatic rings. The van der Waals surface area contributed by atoms with Crippen LogP contribution in [0.4, 0.5) is 9.59 Å². The Bertz CT molecular complexity index is 1780. The second-order valence-electron chi connectivity index (χ2n) is 12.2. The number of nitrogens with two attached hydrogens (primary N) is 1. The van der Waals surface area contributed by atoms with E-state index in [1.807, 2.05) is 42.5 Å². The Morgan fingerprint density at radius 1 is 0.961 bits per heavy atom. The van der Waals surface area contributed by atoms with Crippen molar-refractivity contribution < 1.29 is 47.9 Å². The molecule has 3 saturated heterocycles. The normalized spacial score (nSPS) is 22.0. The van der Waals surface area contributed by atoms with Gasteiger partial charge in [-0.05, 0) is 35.6 Å². The predicted octanol–water partition coefficient (Wildman–Crippen LogP) is 0.976. The fourth-order valence-electron chi connectivity index (χ4n) is 6.04. The van der Waals surface area contributed by atoms with Crippen LogP contribution in [-0.4, -0.2) is 119 Å². The third-order valence-corrected chi connectivity index (χ3v) is 13.0. The van der Waals surface area contributed by atoms with E-state index in [1.54, 1.807) is 0 Å². The Labute approximate surface area is 305 Å². The maximum absolute atomic E-state index is 14.1. The van der Waals surface area contributed by atoms with E-state index in [0.717, 1.165) is 44.8 Å². The van der Waals surface area contributed by atoms with Gasteiger partial charge in [0.2, 0.25) is 23.6 Å². The number of hydrogen-bond donors (Lipinski definition) is 6. The van der Waals surface area contributed by atoms with Crippen molar-refractivity contribution in [1.29, 1.82) is 0 Å². The van der Waals surface area contributed by atoms with Crippen LogP contribution in [-0.2, 0) is 35.0 Å². The predicted molar refractivity (Wildman–Crippen MR) is 193 cm³/mol. The summed E-state index contributed by atoms with van der Waals surface area (Å²) >= 11 is 2.29. The molecular weight excluding hydrogens is 744 g/mol. The number of rotatable bonds is 13. The number of likely N-dealkylation sites (tertiary alicyclic amines) is 1. The molecule has 5 atom stereocenters. The van der Waals surface area contributed by atoms with Crippen LogP contribution >= 0.6 is 42.9 Å². The second-order valence-corrected chi connectivity index (χ2v) is 17.3. The number of nitrogens with zero attached hydrogens (tertiary/aromatic N) is 2. The van der Waals surface area contributed by atoms with Gasteiger partial charge in [0.15, 0.2) is 0 Å². The number of piperidine rings is 1. The van der Waals surface area contributed by atoms with Crippen LogP contribution in [0.3, 0.4) is 0 Å². The van der Waals surface area contributed by atoms with Crippen molar-refractivity contribution in [2.45, 2.75) is 55.9 Å². The van der Waals surface area contributed by atoms with Crippen molar-refractivity contribution >= 4 is 93.7 Å². The molecule has 7 amide bonds. The number of thioether (sulfide) groups is 3. The zero-order valence-electron chi connectivity index (χ0n) is 27.1. The maximum atomic E-state index is 14.1. The van der Waals surface area contributed by atoms with Crippen LogP contribution in [0.2, 0.25) is 0 Å². The molecule has 5 rings (SSSR count). The van der Waals surface area contributed by atoms with Gasteiger partial charge in [-0.1, -0.05) is 66.0 Å². The summed E-state index contributed by atoms with van der Waals surface area (Å²) in [7, 11) is -4.50. The first-order valence-corrected chi connectivity index (χ1v) is 20.9. The SMILES string of the molecule is NC(=O)C(Cc1ccc2ccccc2c1)NC(=O)C1CCCCN1C(=O)C(CSCP(=O)(O)O)NC(=O)C1CSC(=O)N1C(=O)C1CSC(=O)N1. The molecule has 3 aliphatic heterocycles. The summed E-state index contributed by atoms with van der Waals surface area (Å²) in [4.78, 5) is 112. The van der Waals surface area contributed by atoms with Gasteiger partial charge in [-0.25, -0.2) is 0 Å². The van der Waals surface area contributed by atoms with Gasteiger partial charge in [0.05, 0.1) is 5.49 Å². The van der Waals surface area contributed by atoms with Crippen LogP contribution < -0.4 is 21.7 Å². The Morgan fingerprint density at radius 3 is 2.35 bits per heavy atom. The van der Waals surface area contributed by atoms with Gasteiger partial charge in [0, 0.05) is 30.2 Å². The van der Waals surface area contributed by atoms with Crippen LogP contribution in [0.15, 0.2) is 42.5 Å². The summed E-state index contributed by atoms with van der Waals surface area (Å²) in [6, 6.07) is 7.35. The van der Waals surface area contributed by atoms with E-state index in [2.05, 4.69) is 16.0 Å². The highest BCUT2D eigenvalue weighted by molar-refractivity contribution is 8.14.